The van der Waals surface area contributed by atoms with E-state index in [0.29, 0.717) is 11.1 Å². The number of hydrogen-bond donors (Lipinski definition) is 1. The average Bonchev–Trinajstić information content (AvgIpc) is 2.43. The van der Waals surface area contributed by atoms with Crippen LogP contribution in [0, 0.1) is 5.92 Å². The number of ether oxygens (including phenoxy) is 1. The lowest BCUT2D eigenvalue weighted by Gasteiger charge is -2.36. The summed E-state index contributed by atoms with van der Waals surface area (Å²) < 4.78 is 6.19. The Kier molecular flexibility index (Phi) is 5.53. The molecule has 3 atom stereocenters. The van der Waals surface area contributed by atoms with Crippen LogP contribution in [-0.4, -0.2) is 18.7 Å². The van der Waals surface area contributed by atoms with Crippen molar-refractivity contribution in [3.05, 3.63) is 29.3 Å². The molecule has 2 rings (SSSR count). The highest BCUT2D eigenvalue weighted by Crippen LogP contribution is 2.32. The Morgan fingerprint density at radius 3 is 2.74 bits per heavy atom. The van der Waals surface area contributed by atoms with Crippen molar-refractivity contribution < 1.29 is 4.74 Å². The number of benzene rings is 1. The van der Waals surface area contributed by atoms with Gasteiger partial charge in [0.25, 0.3) is 0 Å². The van der Waals surface area contributed by atoms with Crippen molar-refractivity contribution in [2.24, 2.45) is 5.92 Å². The number of para-hydroxylation sites is 1. The van der Waals surface area contributed by atoms with Gasteiger partial charge in [-0.15, -0.1) is 0 Å². The minimum Gasteiger partial charge on any atom is -0.487 e. The van der Waals surface area contributed by atoms with Gasteiger partial charge in [0.05, 0.1) is 5.02 Å². The molecule has 19 heavy (non-hydrogen) atoms. The van der Waals surface area contributed by atoms with Gasteiger partial charge in [-0.2, -0.15) is 0 Å². The third kappa shape index (κ3) is 3.87. The zero-order valence-corrected chi connectivity index (χ0v) is 12.6. The Bertz CT molecular complexity index is 396. The Hall–Kier alpha value is -0.730. The first-order chi connectivity index (χ1) is 9.24. The van der Waals surface area contributed by atoms with Gasteiger partial charge in [0.15, 0.2) is 0 Å². The number of rotatable bonds is 5. The van der Waals surface area contributed by atoms with Crippen LogP contribution in [-0.2, 0) is 0 Å². The number of hydrogen-bond acceptors (Lipinski definition) is 2. The lowest BCUT2D eigenvalue weighted by Crippen LogP contribution is -2.47. The first-order valence-corrected chi connectivity index (χ1v) is 7.77. The fourth-order valence-corrected chi connectivity index (χ4v) is 3.09. The van der Waals surface area contributed by atoms with Gasteiger partial charge in [-0.3, -0.25) is 0 Å². The molecular formula is C16H24ClNO. The van der Waals surface area contributed by atoms with E-state index >= 15 is 0 Å². The van der Waals surface area contributed by atoms with Crippen LogP contribution in [0.25, 0.3) is 0 Å². The lowest BCUT2D eigenvalue weighted by molar-refractivity contribution is 0.0857. The van der Waals surface area contributed by atoms with Crippen LogP contribution in [0.15, 0.2) is 24.3 Å². The summed E-state index contributed by atoms with van der Waals surface area (Å²) in [4.78, 5) is 0. The van der Waals surface area contributed by atoms with E-state index in [9.17, 15) is 0 Å². The second-order valence-electron chi connectivity index (χ2n) is 5.34. The highest BCUT2D eigenvalue weighted by Gasteiger charge is 2.31. The lowest BCUT2D eigenvalue weighted by atomic mass is 9.82. The first-order valence-electron chi connectivity index (χ1n) is 7.39. The number of nitrogens with one attached hydrogen (secondary N) is 1. The second kappa shape index (κ2) is 7.16. The first kappa shape index (κ1) is 14.7. The molecule has 0 spiro atoms. The van der Waals surface area contributed by atoms with E-state index in [2.05, 4.69) is 19.2 Å². The molecule has 106 valence electrons. The van der Waals surface area contributed by atoms with Crippen molar-refractivity contribution in [2.75, 3.05) is 6.54 Å². The molecule has 0 amide bonds. The van der Waals surface area contributed by atoms with Gasteiger partial charge < -0.3 is 10.1 Å². The molecule has 1 fully saturated rings. The van der Waals surface area contributed by atoms with Gasteiger partial charge in [0, 0.05) is 6.04 Å². The molecule has 1 N–H and O–H groups in total. The summed E-state index contributed by atoms with van der Waals surface area (Å²) in [6.45, 7) is 5.41. The summed E-state index contributed by atoms with van der Waals surface area (Å²) >= 11 is 6.19. The van der Waals surface area contributed by atoms with Crippen LogP contribution in [0.3, 0.4) is 0 Å². The van der Waals surface area contributed by atoms with Crippen molar-refractivity contribution >= 4 is 11.6 Å². The minimum absolute atomic E-state index is 0.235. The van der Waals surface area contributed by atoms with E-state index in [1.165, 1.54) is 19.3 Å². The van der Waals surface area contributed by atoms with E-state index in [1.807, 2.05) is 24.3 Å². The van der Waals surface area contributed by atoms with Gasteiger partial charge in [-0.25, -0.2) is 0 Å². The maximum absolute atomic E-state index is 6.19. The molecule has 1 aliphatic carbocycles. The molecule has 0 bridgehead atoms. The van der Waals surface area contributed by atoms with Crippen LogP contribution in [0.2, 0.25) is 5.02 Å². The SMILES string of the molecule is CCNC1CCC(CC)CC1Oc1ccccc1Cl. The summed E-state index contributed by atoms with van der Waals surface area (Å²) in [5.41, 5.74) is 0. The van der Waals surface area contributed by atoms with Gasteiger partial charge in [-0.1, -0.05) is 44.0 Å². The molecule has 2 nitrogen and oxygen atoms in total. The topological polar surface area (TPSA) is 21.3 Å². The Morgan fingerprint density at radius 2 is 2.05 bits per heavy atom. The summed E-state index contributed by atoms with van der Waals surface area (Å²) in [5, 5.41) is 4.26. The Labute approximate surface area is 121 Å². The predicted molar refractivity (Wildman–Crippen MR) is 81.0 cm³/mol. The molecule has 0 aromatic heterocycles. The maximum Gasteiger partial charge on any atom is 0.138 e. The summed E-state index contributed by atoms with van der Waals surface area (Å²) in [6.07, 6.45) is 5.09. The number of likely N-dealkylation sites (N-methyl/N-ethyl adjacent to an activating group) is 1. The van der Waals surface area contributed by atoms with E-state index < -0.39 is 0 Å². The fourth-order valence-electron chi connectivity index (χ4n) is 2.91. The molecule has 1 aromatic carbocycles. The van der Waals surface area contributed by atoms with Gasteiger partial charge >= 0.3 is 0 Å². The molecule has 0 saturated heterocycles. The van der Waals surface area contributed by atoms with E-state index in [0.717, 1.165) is 24.6 Å². The van der Waals surface area contributed by atoms with Gasteiger partial charge in [0.2, 0.25) is 0 Å². The van der Waals surface area contributed by atoms with E-state index in [-0.39, 0.29) is 6.10 Å². The third-order valence-electron chi connectivity index (χ3n) is 4.06. The minimum atomic E-state index is 0.235. The maximum atomic E-state index is 6.19. The Balaban J connectivity index is 2.07. The summed E-state index contributed by atoms with van der Waals surface area (Å²) in [5.74, 6) is 1.59. The smallest absolute Gasteiger partial charge is 0.138 e. The summed E-state index contributed by atoms with van der Waals surface area (Å²) in [7, 11) is 0. The normalized spacial score (nSPS) is 27.2. The van der Waals surface area contributed by atoms with Crippen molar-refractivity contribution in [3.8, 4) is 5.75 Å². The second-order valence-corrected chi connectivity index (χ2v) is 5.75. The average molecular weight is 282 g/mol. The molecule has 0 heterocycles. The van der Waals surface area contributed by atoms with Crippen molar-refractivity contribution in [1.29, 1.82) is 0 Å². The van der Waals surface area contributed by atoms with Crippen molar-refractivity contribution in [3.63, 3.8) is 0 Å². The standard InChI is InChI=1S/C16H24ClNO/c1-3-12-9-10-14(18-4-2)16(11-12)19-15-8-6-5-7-13(15)17/h5-8,12,14,16,18H,3-4,9-11H2,1-2H3. The Morgan fingerprint density at radius 1 is 1.26 bits per heavy atom. The molecule has 1 aromatic rings. The largest absolute Gasteiger partial charge is 0.487 e. The predicted octanol–water partition coefficient (Wildman–Crippen LogP) is 4.28. The van der Waals surface area contributed by atoms with E-state index in [1.54, 1.807) is 0 Å². The van der Waals surface area contributed by atoms with Gasteiger partial charge in [-0.05, 0) is 43.9 Å². The van der Waals surface area contributed by atoms with Crippen molar-refractivity contribution in [1.82, 2.24) is 5.32 Å². The molecule has 1 saturated carbocycles. The van der Waals surface area contributed by atoms with Crippen LogP contribution in [0.5, 0.6) is 5.75 Å². The molecular weight excluding hydrogens is 258 g/mol. The molecule has 0 radical (unpaired) electrons. The summed E-state index contributed by atoms with van der Waals surface area (Å²) in [6, 6.07) is 8.21. The molecule has 0 aliphatic heterocycles. The number of halogens is 1. The molecule has 3 unspecified atom stereocenters. The third-order valence-corrected chi connectivity index (χ3v) is 4.37. The highest BCUT2D eigenvalue weighted by molar-refractivity contribution is 6.32. The van der Waals surface area contributed by atoms with Crippen LogP contribution < -0.4 is 10.1 Å². The van der Waals surface area contributed by atoms with Crippen LogP contribution in [0.4, 0.5) is 0 Å². The highest BCUT2D eigenvalue weighted by atomic mass is 35.5. The van der Waals surface area contributed by atoms with Crippen molar-refractivity contribution in [2.45, 2.75) is 51.7 Å². The monoisotopic (exact) mass is 281 g/mol. The molecule has 1 aliphatic rings. The van der Waals surface area contributed by atoms with Crippen LogP contribution in [0.1, 0.15) is 39.5 Å². The van der Waals surface area contributed by atoms with Gasteiger partial charge in [0.1, 0.15) is 11.9 Å². The zero-order chi connectivity index (χ0) is 13.7. The van der Waals surface area contributed by atoms with Crippen LogP contribution >= 0.6 is 11.6 Å². The molecule has 3 heteroatoms. The quantitative estimate of drug-likeness (QED) is 0.870. The fraction of sp³-hybridized carbons (Fsp3) is 0.625. The zero-order valence-electron chi connectivity index (χ0n) is 11.9. The van der Waals surface area contributed by atoms with E-state index in [4.69, 9.17) is 16.3 Å².